The van der Waals surface area contributed by atoms with Crippen LogP contribution in [-0.2, 0) is 11.2 Å². The van der Waals surface area contributed by atoms with E-state index in [1.165, 1.54) is 12.8 Å². The molecule has 0 aliphatic carbocycles. The summed E-state index contributed by atoms with van der Waals surface area (Å²) >= 11 is 0. The second kappa shape index (κ2) is 14.4. The van der Waals surface area contributed by atoms with E-state index in [0.717, 1.165) is 66.7 Å². The molecule has 0 bridgehead atoms. The zero-order valence-corrected chi connectivity index (χ0v) is 21.2. The molecule has 0 aliphatic rings. The van der Waals surface area contributed by atoms with Gasteiger partial charge in [0.15, 0.2) is 0 Å². The van der Waals surface area contributed by atoms with Gasteiger partial charge in [-0.3, -0.25) is 4.98 Å². The van der Waals surface area contributed by atoms with Crippen LogP contribution in [0.2, 0.25) is 0 Å². The Morgan fingerprint density at radius 3 is 2.49 bits per heavy atom. The first-order valence-corrected chi connectivity index (χ1v) is 12.8. The third-order valence-electron chi connectivity index (χ3n) is 6.13. The van der Waals surface area contributed by atoms with Crippen molar-refractivity contribution in [2.75, 3.05) is 6.61 Å². The summed E-state index contributed by atoms with van der Waals surface area (Å²) in [6, 6.07) is 17.4. The third kappa shape index (κ3) is 8.60. The summed E-state index contributed by atoms with van der Waals surface area (Å²) in [5.41, 5.74) is 5.41. The van der Waals surface area contributed by atoms with E-state index in [0.29, 0.717) is 11.7 Å². The number of pyridine rings is 1. The van der Waals surface area contributed by atoms with Gasteiger partial charge in [0, 0.05) is 23.9 Å². The predicted octanol–water partition coefficient (Wildman–Crippen LogP) is 9.06. The van der Waals surface area contributed by atoms with E-state index in [2.05, 4.69) is 37.6 Å². The van der Waals surface area contributed by atoms with E-state index in [-0.39, 0.29) is 5.82 Å². The molecule has 1 unspecified atom stereocenters. The zero-order valence-electron chi connectivity index (χ0n) is 21.2. The Labute approximate surface area is 210 Å². The van der Waals surface area contributed by atoms with Gasteiger partial charge in [-0.1, -0.05) is 80.5 Å². The Morgan fingerprint density at radius 2 is 1.80 bits per heavy atom. The van der Waals surface area contributed by atoms with Crippen molar-refractivity contribution in [3.05, 3.63) is 96.5 Å². The predicted molar refractivity (Wildman–Crippen MR) is 147 cm³/mol. The third-order valence-corrected chi connectivity index (χ3v) is 6.13. The quantitative estimate of drug-likeness (QED) is 0.173. The van der Waals surface area contributed by atoms with Gasteiger partial charge in [0.05, 0.1) is 11.8 Å². The molecule has 0 amide bonds. The molecular formula is C32H38FNO. The normalized spacial score (nSPS) is 12.2. The second-order valence-electron chi connectivity index (χ2n) is 9.08. The first kappa shape index (κ1) is 26.6. The van der Waals surface area contributed by atoms with Crippen LogP contribution in [0.25, 0.3) is 28.5 Å². The van der Waals surface area contributed by atoms with E-state index in [1.807, 2.05) is 60.8 Å². The minimum Gasteiger partial charge on any atom is -0.379 e. The molecule has 1 aromatic heterocycles. The summed E-state index contributed by atoms with van der Waals surface area (Å²) in [5.74, 6) is -0.207. The molecule has 0 spiro atoms. The van der Waals surface area contributed by atoms with Gasteiger partial charge in [0.2, 0.25) is 0 Å². The molecule has 3 heteroatoms. The van der Waals surface area contributed by atoms with Crippen LogP contribution in [0.15, 0.2) is 79.5 Å². The highest BCUT2D eigenvalue weighted by Crippen LogP contribution is 2.27. The van der Waals surface area contributed by atoms with Crippen molar-refractivity contribution in [3.8, 4) is 22.4 Å². The fraction of sp³-hybridized carbons (Fsp3) is 0.344. The van der Waals surface area contributed by atoms with E-state index >= 15 is 0 Å². The molecule has 184 valence electrons. The Morgan fingerprint density at radius 1 is 1.00 bits per heavy atom. The summed E-state index contributed by atoms with van der Waals surface area (Å²) in [7, 11) is 0. The van der Waals surface area contributed by atoms with Crippen molar-refractivity contribution in [1.29, 1.82) is 0 Å². The highest BCUT2D eigenvalue weighted by Gasteiger charge is 2.07. The lowest BCUT2D eigenvalue weighted by Crippen LogP contribution is -2.08. The van der Waals surface area contributed by atoms with Crippen LogP contribution in [0.3, 0.4) is 0 Å². The topological polar surface area (TPSA) is 22.1 Å². The van der Waals surface area contributed by atoms with Crippen molar-refractivity contribution >= 4 is 6.08 Å². The molecule has 0 radical (unpaired) electrons. The number of nitrogens with zero attached hydrogens (tertiary/aromatic N) is 1. The standard InChI is InChI=1S/C32H38FNO/c1-4-6-10-22-35-25(3)12-8-7-9-13-26-14-20-30(31(33)23-26)28-16-18-29(19-17-28)32-21-15-27(11-5-2)24-34-32/h5,9,13-21,23-25H,2,4,6-8,10-12,22H2,1,3H3. The molecule has 0 fully saturated rings. The van der Waals surface area contributed by atoms with Crippen molar-refractivity contribution in [2.45, 2.75) is 64.9 Å². The van der Waals surface area contributed by atoms with Crippen molar-refractivity contribution in [2.24, 2.45) is 0 Å². The minimum absolute atomic E-state index is 0.207. The summed E-state index contributed by atoms with van der Waals surface area (Å²) in [4.78, 5) is 4.53. The lowest BCUT2D eigenvalue weighted by Gasteiger charge is -2.12. The van der Waals surface area contributed by atoms with Gasteiger partial charge in [-0.05, 0) is 67.9 Å². The lowest BCUT2D eigenvalue weighted by atomic mass is 10.0. The van der Waals surface area contributed by atoms with Crippen molar-refractivity contribution in [3.63, 3.8) is 0 Å². The molecule has 0 saturated carbocycles. The van der Waals surface area contributed by atoms with Crippen LogP contribution >= 0.6 is 0 Å². The number of hydrogen-bond acceptors (Lipinski definition) is 2. The van der Waals surface area contributed by atoms with E-state index in [4.69, 9.17) is 4.74 Å². The second-order valence-corrected chi connectivity index (χ2v) is 9.08. The number of hydrogen-bond donors (Lipinski definition) is 0. The van der Waals surface area contributed by atoms with Crippen molar-refractivity contribution < 1.29 is 9.13 Å². The molecular weight excluding hydrogens is 433 g/mol. The summed E-state index contributed by atoms with van der Waals surface area (Å²) in [6.45, 7) is 8.97. The van der Waals surface area contributed by atoms with Crippen LogP contribution in [0.1, 0.15) is 63.5 Å². The van der Waals surface area contributed by atoms with Gasteiger partial charge in [-0.25, -0.2) is 4.39 Å². The number of ether oxygens (including phenoxy) is 1. The number of allylic oxidation sites excluding steroid dienone is 2. The number of halogens is 1. The highest BCUT2D eigenvalue weighted by atomic mass is 19.1. The Balaban J connectivity index is 1.51. The summed E-state index contributed by atoms with van der Waals surface area (Å²) < 4.78 is 20.7. The fourth-order valence-electron chi connectivity index (χ4n) is 4.03. The van der Waals surface area contributed by atoms with Crippen LogP contribution in [-0.4, -0.2) is 17.7 Å². The average molecular weight is 472 g/mol. The van der Waals surface area contributed by atoms with Crippen LogP contribution in [0.4, 0.5) is 4.39 Å². The monoisotopic (exact) mass is 471 g/mol. The molecule has 2 aromatic carbocycles. The molecule has 3 rings (SSSR count). The first-order valence-electron chi connectivity index (χ1n) is 12.8. The maximum atomic E-state index is 14.9. The van der Waals surface area contributed by atoms with Gasteiger partial charge in [0.25, 0.3) is 0 Å². The van der Waals surface area contributed by atoms with Crippen LogP contribution in [0, 0.1) is 5.82 Å². The number of unbranched alkanes of at least 4 members (excludes halogenated alkanes) is 3. The molecule has 1 atom stereocenters. The van der Waals surface area contributed by atoms with Crippen LogP contribution < -0.4 is 0 Å². The smallest absolute Gasteiger partial charge is 0.131 e. The fourth-order valence-corrected chi connectivity index (χ4v) is 4.03. The maximum absolute atomic E-state index is 14.9. The molecule has 0 aliphatic heterocycles. The molecule has 0 N–H and O–H groups in total. The number of rotatable bonds is 14. The minimum atomic E-state index is -0.207. The highest BCUT2D eigenvalue weighted by molar-refractivity contribution is 5.70. The van der Waals surface area contributed by atoms with Gasteiger partial charge < -0.3 is 4.74 Å². The van der Waals surface area contributed by atoms with E-state index in [9.17, 15) is 4.39 Å². The maximum Gasteiger partial charge on any atom is 0.131 e. The zero-order chi connectivity index (χ0) is 24.9. The van der Waals surface area contributed by atoms with Gasteiger partial charge >= 0.3 is 0 Å². The average Bonchev–Trinajstić information content (AvgIpc) is 2.87. The number of aromatic nitrogens is 1. The van der Waals surface area contributed by atoms with Crippen LogP contribution in [0.5, 0.6) is 0 Å². The van der Waals surface area contributed by atoms with Gasteiger partial charge in [-0.2, -0.15) is 0 Å². The SMILES string of the molecule is C=CCc1ccc(-c2ccc(-c3ccc(C=CCCCC(C)OCCCCC)cc3F)cc2)nc1. The molecule has 0 saturated heterocycles. The van der Waals surface area contributed by atoms with Gasteiger partial charge in [0.1, 0.15) is 5.82 Å². The Hall–Kier alpha value is -3.04. The molecule has 1 heterocycles. The lowest BCUT2D eigenvalue weighted by molar-refractivity contribution is 0.0566. The Kier molecular flexibility index (Phi) is 10.9. The molecule has 3 aromatic rings. The van der Waals surface area contributed by atoms with Gasteiger partial charge in [-0.15, -0.1) is 6.58 Å². The summed E-state index contributed by atoms with van der Waals surface area (Å²) in [6.07, 6.45) is 15.7. The summed E-state index contributed by atoms with van der Waals surface area (Å²) in [5, 5.41) is 0. The first-order chi connectivity index (χ1) is 17.1. The molecule has 35 heavy (non-hydrogen) atoms. The number of benzene rings is 2. The molecule has 2 nitrogen and oxygen atoms in total. The largest absolute Gasteiger partial charge is 0.379 e. The van der Waals surface area contributed by atoms with E-state index in [1.54, 1.807) is 6.07 Å². The van der Waals surface area contributed by atoms with E-state index < -0.39 is 0 Å². The van der Waals surface area contributed by atoms with Crippen molar-refractivity contribution in [1.82, 2.24) is 4.98 Å². The Bertz CT molecular complexity index is 1070.